The lowest BCUT2D eigenvalue weighted by molar-refractivity contribution is -0.716. The monoisotopic (exact) mass is 997 g/mol. The van der Waals surface area contributed by atoms with Crippen molar-refractivity contribution in [1.29, 1.82) is 0 Å². The van der Waals surface area contributed by atoms with Crippen LogP contribution in [0.5, 0.6) is 0 Å². The number of rotatable bonds is 20. The molecule has 0 saturated carbocycles. The summed E-state index contributed by atoms with van der Waals surface area (Å²) in [6, 6.07) is 64.7. The molecule has 4 heterocycles. The topological polar surface area (TPSA) is 67.5 Å². The van der Waals surface area contributed by atoms with Crippen molar-refractivity contribution in [3.05, 3.63) is 274 Å². The van der Waals surface area contributed by atoms with E-state index in [0.717, 1.165) is 72.4 Å². The summed E-state index contributed by atoms with van der Waals surface area (Å²) >= 11 is 3.63. The van der Waals surface area contributed by atoms with Crippen molar-refractivity contribution < 1.29 is 32.8 Å². The quantitative estimate of drug-likeness (QED) is 0.0560. The summed E-state index contributed by atoms with van der Waals surface area (Å²) in [5.74, 6) is -1.48. The molecule has 0 N–H and O–H groups in total. The lowest BCUT2D eigenvalue weighted by atomic mass is 9.91. The SMILES string of the molecule is O=C(OCc1cc[n+](CCCN2/C(=C\C=C\c3sc4ccccc4[n+]3CCC[n+]3ccc(COC(=O)C(c4ccccc4)c4ccccc4)cc3)Sc3ccccc32)cc1)C(c1ccccc1)c1ccccc1. The highest BCUT2D eigenvalue weighted by Gasteiger charge is 2.27. The summed E-state index contributed by atoms with van der Waals surface area (Å²) in [6.07, 6.45) is 16.9. The maximum Gasteiger partial charge on any atom is 0.318 e. The van der Waals surface area contributed by atoms with Crippen LogP contribution in [0.2, 0.25) is 0 Å². The summed E-state index contributed by atoms with van der Waals surface area (Å²) < 4.78 is 19.9. The molecule has 0 aliphatic carbocycles. The van der Waals surface area contributed by atoms with E-state index in [1.165, 1.54) is 30.8 Å². The second-order valence-corrected chi connectivity index (χ2v) is 20.1. The number of ether oxygens (including phenoxy) is 2. The Hall–Kier alpha value is -7.92. The lowest BCUT2D eigenvalue weighted by Crippen LogP contribution is -2.39. The van der Waals surface area contributed by atoms with Gasteiger partial charge in [0, 0.05) is 65.4 Å². The number of anilines is 1. The third-order valence-electron chi connectivity index (χ3n) is 13.0. The van der Waals surface area contributed by atoms with Gasteiger partial charge in [-0.15, -0.1) is 0 Å². The minimum atomic E-state index is -0.479. The summed E-state index contributed by atoms with van der Waals surface area (Å²) in [6.45, 7) is 3.86. The van der Waals surface area contributed by atoms with Crippen LogP contribution in [0.15, 0.2) is 241 Å². The third kappa shape index (κ3) is 12.2. The van der Waals surface area contributed by atoms with Crippen molar-refractivity contribution in [3.63, 3.8) is 0 Å². The van der Waals surface area contributed by atoms with Gasteiger partial charge in [0.25, 0.3) is 5.01 Å². The molecule has 0 unspecified atom stereocenters. The van der Waals surface area contributed by atoms with Gasteiger partial charge in [0.15, 0.2) is 37.9 Å². The molecule has 3 aromatic heterocycles. The fourth-order valence-corrected chi connectivity index (χ4v) is 11.5. The van der Waals surface area contributed by atoms with Gasteiger partial charge in [-0.1, -0.05) is 175 Å². The predicted octanol–water partition coefficient (Wildman–Crippen LogP) is 12.2. The van der Waals surface area contributed by atoms with Crippen molar-refractivity contribution >= 4 is 57.0 Å². The van der Waals surface area contributed by atoms with E-state index >= 15 is 0 Å². The highest BCUT2D eigenvalue weighted by molar-refractivity contribution is 8.03. The number of nitrogens with zero attached hydrogens (tertiary/aromatic N) is 4. The molecule has 8 nitrogen and oxygen atoms in total. The highest BCUT2D eigenvalue weighted by Crippen LogP contribution is 2.46. The number of pyridine rings is 2. The van der Waals surface area contributed by atoms with E-state index < -0.39 is 11.8 Å². The van der Waals surface area contributed by atoms with Crippen LogP contribution in [0.1, 0.15) is 63.1 Å². The molecule has 9 aromatic rings. The Labute approximate surface area is 435 Å². The Morgan fingerprint density at radius 2 is 0.986 bits per heavy atom. The van der Waals surface area contributed by atoms with Crippen LogP contribution in [-0.4, -0.2) is 18.5 Å². The van der Waals surface area contributed by atoms with E-state index in [-0.39, 0.29) is 25.2 Å². The predicted molar refractivity (Wildman–Crippen MR) is 290 cm³/mol. The molecule has 1 aliphatic heterocycles. The van der Waals surface area contributed by atoms with E-state index in [1.807, 2.05) is 169 Å². The maximum atomic E-state index is 13.5. The second-order valence-electron chi connectivity index (χ2n) is 18.0. The van der Waals surface area contributed by atoms with Gasteiger partial charge in [-0.2, -0.15) is 4.57 Å². The van der Waals surface area contributed by atoms with E-state index in [1.54, 1.807) is 0 Å². The first-order valence-corrected chi connectivity index (χ1v) is 26.5. The van der Waals surface area contributed by atoms with Crippen LogP contribution in [0, 0.1) is 0 Å². The average Bonchev–Trinajstić information content (AvgIpc) is 3.98. The van der Waals surface area contributed by atoms with Crippen molar-refractivity contribution in [3.8, 4) is 0 Å². The van der Waals surface area contributed by atoms with Gasteiger partial charge >= 0.3 is 11.9 Å². The largest absolute Gasteiger partial charge is 0.460 e. The number of hydrogen-bond acceptors (Lipinski definition) is 7. The Balaban J connectivity index is 0.739. The number of hydrogen-bond donors (Lipinski definition) is 0. The number of fused-ring (bicyclic) bond motifs is 2. The normalized spacial score (nSPS) is 12.8. The zero-order chi connectivity index (χ0) is 49.6. The van der Waals surface area contributed by atoms with Gasteiger partial charge < -0.3 is 14.4 Å². The van der Waals surface area contributed by atoms with Gasteiger partial charge in [0.1, 0.15) is 36.3 Å². The molecular formula is C63H57N4O4S2+3. The number of aromatic nitrogens is 3. The number of para-hydroxylation sites is 2. The summed E-state index contributed by atoms with van der Waals surface area (Å²) in [5.41, 5.74) is 8.04. The molecule has 0 radical (unpaired) electrons. The van der Waals surface area contributed by atoms with Gasteiger partial charge in [0.05, 0.1) is 17.1 Å². The summed E-state index contributed by atoms with van der Waals surface area (Å²) in [5, 5.41) is 2.41. The van der Waals surface area contributed by atoms with Gasteiger partial charge in [0.2, 0.25) is 5.52 Å². The third-order valence-corrected chi connectivity index (χ3v) is 15.3. The van der Waals surface area contributed by atoms with E-state index in [0.29, 0.717) is 0 Å². The molecule has 1 aliphatic rings. The summed E-state index contributed by atoms with van der Waals surface area (Å²) in [4.78, 5) is 30.7. The zero-order valence-electron chi connectivity index (χ0n) is 40.6. The first kappa shape index (κ1) is 48.7. The van der Waals surface area contributed by atoms with Crippen molar-refractivity contribution in [2.45, 2.75) is 62.4 Å². The van der Waals surface area contributed by atoms with Crippen LogP contribution < -0.4 is 18.6 Å². The van der Waals surface area contributed by atoms with Crippen molar-refractivity contribution in [2.75, 3.05) is 11.4 Å². The van der Waals surface area contributed by atoms with Crippen LogP contribution in [0.4, 0.5) is 5.69 Å². The lowest BCUT2D eigenvalue weighted by Gasteiger charge is -2.19. The van der Waals surface area contributed by atoms with Crippen molar-refractivity contribution in [1.82, 2.24) is 0 Å². The molecule has 0 saturated heterocycles. The average molecular weight is 998 g/mol. The zero-order valence-corrected chi connectivity index (χ0v) is 42.2. The molecule has 0 amide bonds. The molecule has 0 atom stereocenters. The molecule has 10 rings (SSSR count). The number of carbonyl (C=O) groups is 2. The van der Waals surface area contributed by atoms with E-state index in [2.05, 4.69) is 110 Å². The summed E-state index contributed by atoms with van der Waals surface area (Å²) in [7, 11) is 0. The Morgan fingerprint density at radius 3 is 1.52 bits per heavy atom. The molecule has 73 heavy (non-hydrogen) atoms. The molecule has 0 fully saturated rings. The molecule has 10 heteroatoms. The van der Waals surface area contributed by atoms with Gasteiger partial charge in [-0.3, -0.25) is 9.59 Å². The fourth-order valence-electron chi connectivity index (χ4n) is 9.30. The Morgan fingerprint density at radius 1 is 0.521 bits per heavy atom. The van der Waals surface area contributed by atoms with Crippen molar-refractivity contribution in [2.24, 2.45) is 0 Å². The molecule has 362 valence electrons. The number of aryl methyl sites for hydroxylation is 3. The maximum absolute atomic E-state index is 13.5. The molecule has 0 spiro atoms. The Bertz CT molecular complexity index is 3230. The van der Waals surface area contributed by atoms with Crippen LogP contribution in [0.25, 0.3) is 16.3 Å². The second kappa shape index (κ2) is 24.0. The Kier molecular flexibility index (Phi) is 16.0. The van der Waals surface area contributed by atoms with E-state index in [4.69, 9.17) is 9.47 Å². The van der Waals surface area contributed by atoms with Gasteiger partial charge in [-0.25, -0.2) is 9.13 Å². The minimum absolute atomic E-state index is 0.212. The van der Waals surface area contributed by atoms with Crippen LogP contribution in [0.3, 0.4) is 0 Å². The molecule has 0 bridgehead atoms. The van der Waals surface area contributed by atoms with Crippen LogP contribution in [-0.2, 0) is 51.9 Å². The molecular weight excluding hydrogens is 941 g/mol. The molecule has 6 aromatic carbocycles. The fraction of sp³-hybridized carbons (Fsp3) is 0.159. The van der Waals surface area contributed by atoms with Crippen LogP contribution >= 0.6 is 23.1 Å². The number of allylic oxidation sites excluding steroid dienone is 2. The number of thiazole rings is 1. The first-order valence-electron chi connectivity index (χ1n) is 24.9. The highest BCUT2D eigenvalue weighted by atomic mass is 32.2. The first-order chi connectivity index (χ1) is 36.0. The van der Waals surface area contributed by atoms with E-state index in [9.17, 15) is 9.59 Å². The number of carbonyl (C=O) groups excluding carboxylic acids is 2. The standard InChI is InChI=1S/C63H57N4O4S2/c68-62(60(50-20-5-1-6-21-50)51-22-7-2-8-23-51)70-46-48-34-42-64(43-35-48)38-18-40-66-54-28-13-15-30-56(54)72-58(66)32-17-33-59-67(55-29-14-16-31-57(55)73-59)41-19-39-65-44-36-49(37-45-65)47-71-63(69)61(52-24-9-3-10-25-52)53-26-11-4-12-27-53/h1-17,20-37,42-45,60-61H,18-19,38-41,46-47H2/q+3. The number of benzene rings is 6. The number of thioether (sulfide) groups is 1. The minimum Gasteiger partial charge on any atom is -0.460 e. The smallest absolute Gasteiger partial charge is 0.318 e. The van der Waals surface area contributed by atoms with Gasteiger partial charge in [-0.05, 0) is 46.5 Å². The number of esters is 2.